The van der Waals surface area contributed by atoms with E-state index in [1.165, 1.54) is 31.1 Å². The van der Waals surface area contributed by atoms with Crippen LogP contribution in [0.4, 0.5) is 10.1 Å². The molecule has 0 radical (unpaired) electrons. The van der Waals surface area contributed by atoms with Crippen molar-refractivity contribution in [2.45, 2.75) is 38.9 Å². The van der Waals surface area contributed by atoms with Gasteiger partial charge in [-0.25, -0.2) is 8.70 Å². The highest BCUT2D eigenvalue weighted by molar-refractivity contribution is 7.90. The van der Waals surface area contributed by atoms with E-state index >= 15 is 0 Å². The highest BCUT2D eigenvalue weighted by Gasteiger charge is 2.35. The van der Waals surface area contributed by atoms with Crippen LogP contribution < -0.4 is 9.62 Å². The topological polar surface area (TPSA) is 90.0 Å². The first kappa shape index (κ1) is 31.1. The maximum atomic E-state index is 14.1. The summed E-state index contributed by atoms with van der Waals surface area (Å²) >= 11 is 6.45. The summed E-state index contributed by atoms with van der Waals surface area (Å²) in [6, 6.07) is 19.8. The van der Waals surface area contributed by atoms with Crippen molar-refractivity contribution in [1.29, 1.82) is 0 Å². The van der Waals surface area contributed by atoms with Crippen LogP contribution in [0.1, 0.15) is 25.0 Å². The zero-order valence-corrected chi connectivity index (χ0v) is 24.5. The third-order valence-corrected chi connectivity index (χ3v) is 8.32. The number of nitrogens with one attached hydrogen (secondary N) is 1. The van der Waals surface area contributed by atoms with Crippen LogP contribution in [0.5, 0.6) is 0 Å². The van der Waals surface area contributed by atoms with Crippen LogP contribution in [0.25, 0.3) is 0 Å². The Labute approximate surface area is 240 Å². The molecule has 0 saturated carbocycles. The van der Waals surface area contributed by atoms with Gasteiger partial charge in [-0.15, -0.1) is 0 Å². The minimum absolute atomic E-state index is 0.0409. The van der Waals surface area contributed by atoms with Crippen molar-refractivity contribution in [3.8, 4) is 0 Å². The highest BCUT2D eigenvalue weighted by atomic mass is 35.5. The van der Waals surface area contributed by atoms with Crippen molar-refractivity contribution in [3.05, 3.63) is 101 Å². The Balaban J connectivity index is 2.10. The number of carbonyl (C=O) groups is 2. The Morgan fingerprint density at radius 1 is 0.925 bits per heavy atom. The third kappa shape index (κ3) is 8.03. The number of nitrogens with zero attached hydrogens (tertiary/aromatic N) is 3. The second-order valence-electron chi connectivity index (χ2n) is 9.76. The lowest BCUT2D eigenvalue weighted by molar-refractivity contribution is -0.140. The second kappa shape index (κ2) is 13.7. The number of halogens is 2. The maximum absolute atomic E-state index is 14.1. The van der Waals surface area contributed by atoms with E-state index in [4.69, 9.17) is 11.6 Å². The zero-order chi connectivity index (χ0) is 29.4. The van der Waals surface area contributed by atoms with Crippen LogP contribution in [0.2, 0.25) is 5.02 Å². The number of carbonyl (C=O) groups excluding carboxylic acids is 2. The van der Waals surface area contributed by atoms with Crippen LogP contribution in [0.3, 0.4) is 0 Å². The Bertz CT molecular complexity index is 1400. The van der Waals surface area contributed by atoms with E-state index < -0.39 is 34.5 Å². The van der Waals surface area contributed by atoms with E-state index in [-0.39, 0.29) is 30.6 Å². The molecular formula is C29H34ClFN4O4S. The predicted octanol–water partition coefficient (Wildman–Crippen LogP) is 4.26. The summed E-state index contributed by atoms with van der Waals surface area (Å²) in [5.41, 5.74) is 1.52. The van der Waals surface area contributed by atoms with Gasteiger partial charge >= 0.3 is 10.2 Å². The summed E-state index contributed by atoms with van der Waals surface area (Å²) in [7, 11) is -1.49. The fourth-order valence-electron chi connectivity index (χ4n) is 4.07. The summed E-state index contributed by atoms with van der Waals surface area (Å²) < 4.78 is 42.2. The zero-order valence-electron chi connectivity index (χ0n) is 22.9. The van der Waals surface area contributed by atoms with Crippen molar-refractivity contribution < 1.29 is 22.4 Å². The van der Waals surface area contributed by atoms with E-state index in [1.807, 2.05) is 44.2 Å². The molecule has 0 heterocycles. The van der Waals surface area contributed by atoms with Gasteiger partial charge < -0.3 is 10.2 Å². The van der Waals surface area contributed by atoms with E-state index in [1.54, 1.807) is 24.3 Å². The Morgan fingerprint density at radius 3 is 2.10 bits per heavy atom. The van der Waals surface area contributed by atoms with Crippen molar-refractivity contribution in [3.63, 3.8) is 0 Å². The lowest BCUT2D eigenvalue weighted by Gasteiger charge is -2.34. The molecule has 1 N–H and O–H groups in total. The second-order valence-corrected chi connectivity index (χ2v) is 12.2. The highest BCUT2D eigenvalue weighted by Crippen LogP contribution is 2.24. The summed E-state index contributed by atoms with van der Waals surface area (Å²) in [4.78, 5) is 29.0. The fourth-order valence-corrected chi connectivity index (χ4v) is 5.32. The molecule has 0 saturated heterocycles. The molecule has 3 aromatic rings. The maximum Gasteiger partial charge on any atom is 0.304 e. The molecule has 40 heavy (non-hydrogen) atoms. The van der Waals surface area contributed by atoms with E-state index in [0.717, 1.165) is 26.3 Å². The lowest BCUT2D eigenvalue weighted by Crippen LogP contribution is -2.55. The molecule has 0 aliphatic carbocycles. The molecule has 11 heteroatoms. The summed E-state index contributed by atoms with van der Waals surface area (Å²) in [6.45, 7) is 2.97. The first-order valence-electron chi connectivity index (χ1n) is 12.7. The van der Waals surface area contributed by atoms with Gasteiger partial charge in [-0.1, -0.05) is 60.1 Å². The van der Waals surface area contributed by atoms with Gasteiger partial charge in [-0.05, 0) is 55.3 Å². The lowest BCUT2D eigenvalue weighted by atomic mass is 10.0. The number of hydrogen-bond donors (Lipinski definition) is 1. The molecule has 1 atom stereocenters. The number of hydrogen-bond acceptors (Lipinski definition) is 4. The van der Waals surface area contributed by atoms with Crippen LogP contribution in [-0.4, -0.2) is 62.2 Å². The summed E-state index contributed by atoms with van der Waals surface area (Å²) in [6.07, 6.45) is 0.187. The van der Waals surface area contributed by atoms with Crippen LogP contribution in [-0.2, 0) is 32.8 Å². The van der Waals surface area contributed by atoms with Gasteiger partial charge in [0.2, 0.25) is 11.8 Å². The first-order valence-corrected chi connectivity index (χ1v) is 14.5. The van der Waals surface area contributed by atoms with E-state index in [9.17, 15) is 22.4 Å². The molecule has 0 aromatic heterocycles. The van der Waals surface area contributed by atoms with Gasteiger partial charge in [0.15, 0.2) is 0 Å². The summed E-state index contributed by atoms with van der Waals surface area (Å²) in [5, 5.41) is 3.29. The van der Waals surface area contributed by atoms with Gasteiger partial charge in [-0.3, -0.25) is 9.59 Å². The normalized spacial score (nSPS) is 12.3. The Hall–Kier alpha value is -3.47. The third-order valence-electron chi connectivity index (χ3n) is 6.13. The average Bonchev–Trinajstić information content (AvgIpc) is 2.90. The quantitative estimate of drug-likeness (QED) is 0.342. The molecule has 1 unspecified atom stereocenters. The molecule has 2 amide bonds. The number of anilines is 1. The van der Waals surface area contributed by atoms with Gasteiger partial charge in [0.25, 0.3) is 0 Å². The van der Waals surface area contributed by atoms with Gasteiger partial charge in [0, 0.05) is 38.1 Å². The smallest absolute Gasteiger partial charge is 0.304 e. The predicted molar refractivity (Wildman–Crippen MR) is 156 cm³/mol. The number of rotatable bonds is 12. The van der Waals surface area contributed by atoms with Gasteiger partial charge in [-0.2, -0.15) is 12.7 Å². The summed E-state index contributed by atoms with van der Waals surface area (Å²) in [5.74, 6) is -1.57. The molecule has 0 aliphatic rings. The first-order chi connectivity index (χ1) is 18.9. The van der Waals surface area contributed by atoms with E-state index in [2.05, 4.69) is 5.32 Å². The molecule has 0 spiro atoms. The van der Waals surface area contributed by atoms with E-state index in [0.29, 0.717) is 10.6 Å². The number of benzene rings is 3. The van der Waals surface area contributed by atoms with Gasteiger partial charge in [0.1, 0.15) is 18.4 Å². The number of amides is 2. The molecule has 214 valence electrons. The largest absolute Gasteiger partial charge is 0.352 e. The van der Waals surface area contributed by atoms with Crippen molar-refractivity contribution in [1.82, 2.24) is 14.5 Å². The minimum Gasteiger partial charge on any atom is -0.352 e. The molecule has 3 aromatic carbocycles. The molecule has 8 nitrogen and oxygen atoms in total. The minimum atomic E-state index is -4.17. The SMILES string of the molecule is CC(C)NC(=O)C(Cc1ccccc1)N(Cc1ccccc1Cl)C(=O)CN(c1ccc(F)cc1)S(=O)(=O)N(C)C. The molecule has 0 aliphatic heterocycles. The van der Waals surface area contributed by atoms with Gasteiger partial charge in [0.05, 0.1) is 5.69 Å². The van der Waals surface area contributed by atoms with Crippen LogP contribution in [0, 0.1) is 5.82 Å². The van der Waals surface area contributed by atoms with Crippen LogP contribution >= 0.6 is 11.6 Å². The van der Waals surface area contributed by atoms with Crippen molar-refractivity contribution in [2.24, 2.45) is 0 Å². The Morgan fingerprint density at radius 2 is 1.52 bits per heavy atom. The monoisotopic (exact) mass is 588 g/mol. The average molecular weight is 589 g/mol. The van der Waals surface area contributed by atoms with Crippen LogP contribution in [0.15, 0.2) is 78.9 Å². The molecular weight excluding hydrogens is 555 g/mol. The van der Waals surface area contributed by atoms with Crippen molar-refractivity contribution >= 4 is 39.3 Å². The standard InChI is InChI=1S/C29H34ClFN4O4S/c1-21(2)32-29(37)27(18-22-10-6-5-7-11-22)34(19-23-12-8-9-13-26(23)30)28(36)20-35(40(38,39)33(3)4)25-16-14-24(31)15-17-25/h5-17,21,27H,18-20H2,1-4H3,(H,32,37). The molecule has 0 fully saturated rings. The molecule has 3 rings (SSSR count). The van der Waals surface area contributed by atoms with Crippen molar-refractivity contribution in [2.75, 3.05) is 24.9 Å². The Kier molecular flexibility index (Phi) is 10.7. The molecule has 0 bridgehead atoms. The fraction of sp³-hybridized carbons (Fsp3) is 0.310.